The van der Waals surface area contributed by atoms with Crippen molar-refractivity contribution in [1.82, 2.24) is 9.88 Å². The zero-order valence-corrected chi connectivity index (χ0v) is 14.6. The molecule has 1 atom stereocenters. The van der Waals surface area contributed by atoms with Gasteiger partial charge >= 0.3 is 0 Å². The van der Waals surface area contributed by atoms with Gasteiger partial charge in [-0.1, -0.05) is 29.3 Å². The van der Waals surface area contributed by atoms with E-state index in [0.717, 1.165) is 25.0 Å². The largest absolute Gasteiger partial charge is 0.376 e. The minimum atomic E-state index is -0.0899. The number of amides is 1. The molecular formula is C18H18Cl2N2O2. The lowest BCUT2D eigenvalue weighted by atomic mass is 10.1. The highest BCUT2D eigenvalue weighted by atomic mass is 35.5. The maximum absolute atomic E-state index is 12.9. The summed E-state index contributed by atoms with van der Waals surface area (Å²) in [6, 6.07) is 8.77. The number of benzene rings is 1. The molecule has 0 radical (unpaired) electrons. The Morgan fingerprint density at radius 3 is 2.83 bits per heavy atom. The summed E-state index contributed by atoms with van der Waals surface area (Å²) in [6.45, 7) is 1.78. The molecule has 1 aliphatic heterocycles. The Hall–Kier alpha value is -1.62. The number of hydrogen-bond acceptors (Lipinski definition) is 3. The molecule has 1 aromatic heterocycles. The molecule has 0 bridgehead atoms. The highest BCUT2D eigenvalue weighted by molar-refractivity contribution is 6.42. The first kappa shape index (κ1) is 17.2. The van der Waals surface area contributed by atoms with E-state index < -0.39 is 0 Å². The minimum Gasteiger partial charge on any atom is -0.376 e. The van der Waals surface area contributed by atoms with Crippen LogP contribution in [-0.4, -0.2) is 35.0 Å². The zero-order chi connectivity index (χ0) is 16.9. The fourth-order valence-corrected chi connectivity index (χ4v) is 3.08. The first-order valence-corrected chi connectivity index (χ1v) is 8.64. The van der Waals surface area contributed by atoms with Gasteiger partial charge in [0.25, 0.3) is 5.91 Å². The van der Waals surface area contributed by atoms with Gasteiger partial charge in [0.05, 0.1) is 16.1 Å². The molecule has 24 heavy (non-hydrogen) atoms. The molecule has 1 saturated heterocycles. The van der Waals surface area contributed by atoms with Gasteiger partial charge in [0.2, 0.25) is 0 Å². The molecule has 6 heteroatoms. The van der Waals surface area contributed by atoms with Crippen molar-refractivity contribution in [2.45, 2.75) is 25.5 Å². The van der Waals surface area contributed by atoms with Gasteiger partial charge in [-0.15, -0.1) is 0 Å². The van der Waals surface area contributed by atoms with E-state index in [4.69, 9.17) is 27.9 Å². The zero-order valence-electron chi connectivity index (χ0n) is 13.1. The van der Waals surface area contributed by atoms with E-state index in [1.807, 2.05) is 12.1 Å². The van der Waals surface area contributed by atoms with Gasteiger partial charge in [0, 0.05) is 37.7 Å². The average Bonchev–Trinajstić information content (AvgIpc) is 3.10. The molecule has 3 rings (SSSR count). The fourth-order valence-electron chi connectivity index (χ4n) is 2.78. The number of aromatic nitrogens is 1. The highest BCUT2D eigenvalue weighted by Crippen LogP contribution is 2.24. The van der Waals surface area contributed by atoms with E-state index in [0.29, 0.717) is 28.7 Å². The van der Waals surface area contributed by atoms with Gasteiger partial charge < -0.3 is 9.64 Å². The number of carbonyl (C=O) groups is 1. The lowest BCUT2D eigenvalue weighted by molar-refractivity contribution is 0.0507. The van der Waals surface area contributed by atoms with Crippen molar-refractivity contribution >= 4 is 29.1 Å². The number of ether oxygens (including phenoxy) is 1. The average molecular weight is 365 g/mol. The lowest BCUT2D eigenvalue weighted by Gasteiger charge is -2.25. The predicted molar refractivity (Wildman–Crippen MR) is 94.4 cm³/mol. The van der Waals surface area contributed by atoms with Crippen LogP contribution >= 0.6 is 23.2 Å². The van der Waals surface area contributed by atoms with Crippen molar-refractivity contribution < 1.29 is 9.53 Å². The molecule has 1 amide bonds. The topological polar surface area (TPSA) is 42.4 Å². The van der Waals surface area contributed by atoms with Crippen molar-refractivity contribution in [3.05, 3.63) is 63.9 Å². The highest BCUT2D eigenvalue weighted by Gasteiger charge is 2.24. The van der Waals surface area contributed by atoms with Crippen molar-refractivity contribution in [2.75, 3.05) is 13.2 Å². The normalized spacial score (nSPS) is 17.0. The summed E-state index contributed by atoms with van der Waals surface area (Å²) in [6.07, 6.45) is 5.57. The number of halogens is 2. The summed E-state index contributed by atoms with van der Waals surface area (Å²) < 4.78 is 5.69. The van der Waals surface area contributed by atoms with Crippen LogP contribution in [0.3, 0.4) is 0 Å². The summed E-state index contributed by atoms with van der Waals surface area (Å²) in [4.78, 5) is 18.9. The summed E-state index contributed by atoms with van der Waals surface area (Å²) in [7, 11) is 0. The van der Waals surface area contributed by atoms with Crippen LogP contribution in [0.4, 0.5) is 0 Å². The van der Waals surface area contributed by atoms with Crippen LogP contribution < -0.4 is 0 Å². The van der Waals surface area contributed by atoms with Crippen LogP contribution in [-0.2, 0) is 11.3 Å². The van der Waals surface area contributed by atoms with E-state index in [2.05, 4.69) is 4.98 Å². The molecule has 126 valence electrons. The molecule has 0 aliphatic carbocycles. The molecule has 2 heterocycles. The van der Waals surface area contributed by atoms with Crippen molar-refractivity contribution in [3.8, 4) is 0 Å². The van der Waals surface area contributed by atoms with Gasteiger partial charge in [-0.3, -0.25) is 9.78 Å². The molecule has 1 fully saturated rings. The van der Waals surface area contributed by atoms with E-state index in [1.54, 1.807) is 35.5 Å². The molecule has 0 spiro atoms. The van der Waals surface area contributed by atoms with Gasteiger partial charge in [0.15, 0.2) is 0 Å². The van der Waals surface area contributed by atoms with E-state index in [-0.39, 0.29) is 12.0 Å². The number of pyridine rings is 1. The summed E-state index contributed by atoms with van der Waals surface area (Å²) in [5, 5.41) is 0.812. The molecule has 0 saturated carbocycles. The van der Waals surface area contributed by atoms with Gasteiger partial charge in [-0.2, -0.15) is 0 Å². The van der Waals surface area contributed by atoms with Crippen LogP contribution in [0, 0.1) is 0 Å². The van der Waals surface area contributed by atoms with Gasteiger partial charge in [-0.05, 0) is 42.7 Å². The van der Waals surface area contributed by atoms with Crippen molar-refractivity contribution in [3.63, 3.8) is 0 Å². The third kappa shape index (κ3) is 4.26. The molecular weight excluding hydrogens is 347 g/mol. The monoisotopic (exact) mass is 364 g/mol. The Labute approximate surface area is 151 Å². The lowest BCUT2D eigenvalue weighted by Crippen LogP contribution is -2.37. The second kappa shape index (κ2) is 7.97. The van der Waals surface area contributed by atoms with Crippen LogP contribution in [0.25, 0.3) is 0 Å². The Kier molecular flexibility index (Phi) is 5.72. The summed E-state index contributed by atoms with van der Waals surface area (Å²) in [5.41, 5.74) is 1.50. The maximum Gasteiger partial charge on any atom is 0.254 e. The third-order valence-corrected chi connectivity index (χ3v) is 4.74. The first-order valence-electron chi connectivity index (χ1n) is 7.88. The Balaban J connectivity index is 1.81. The minimum absolute atomic E-state index is 0.0772. The number of carbonyl (C=O) groups excluding carboxylic acids is 1. The SMILES string of the molecule is O=C(c1ccc(Cl)c(Cl)c1)N(Cc1cccnc1)CC1CCCO1. The van der Waals surface area contributed by atoms with E-state index in [9.17, 15) is 4.79 Å². The molecule has 2 aromatic rings. The van der Waals surface area contributed by atoms with Crippen molar-refractivity contribution in [1.29, 1.82) is 0 Å². The van der Waals surface area contributed by atoms with E-state index >= 15 is 0 Å². The quantitative estimate of drug-likeness (QED) is 0.797. The van der Waals surface area contributed by atoms with Crippen LogP contribution in [0.5, 0.6) is 0 Å². The third-order valence-electron chi connectivity index (χ3n) is 4.00. The molecule has 1 unspecified atom stereocenters. The van der Waals surface area contributed by atoms with Gasteiger partial charge in [-0.25, -0.2) is 0 Å². The van der Waals surface area contributed by atoms with Crippen LogP contribution in [0.1, 0.15) is 28.8 Å². The maximum atomic E-state index is 12.9. The van der Waals surface area contributed by atoms with Crippen LogP contribution in [0.15, 0.2) is 42.7 Å². The van der Waals surface area contributed by atoms with Gasteiger partial charge in [0.1, 0.15) is 0 Å². The number of rotatable bonds is 5. The second-order valence-electron chi connectivity index (χ2n) is 5.81. The smallest absolute Gasteiger partial charge is 0.254 e. The fraction of sp³-hybridized carbons (Fsp3) is 0.333. The van der Waals surface area contributed by atoms with Crippen molar-refractivity contribution in [2.24, 2.45) is 0 Å². The molecule has 0 N–H and O–H groups in total. The second-order valence-corrected chi connectivity index (χ2v) is 6.63. The van der Waals surface area contributed by atoms with Crippen LogP contribution in [0.2, 0.25) is 10.0 Å². The Morgan fingerprint density at radius 1 is 1.29 bits per heavy atom. The molecule has 1 aliphatic rings. The Morgan fingerprint density at radius 2 is 2.17 bits per heavy atom. The summed E-state index contributed by atoms with van der Waals surface area (Å²) >= 11 is 12.0. The predicted octanol–water partition coefficient (Wildman–Crippen LogP) is 4.21. The molecule has 1 aromatic carbocycles. The first-order chi connectivity index (χ1) is 11.6. The molecule has 4 nitrogen and oxygen atoms in total. The number of hydrogen-bond donors (Lipinski definition) is 0. The number of nitrogens with zero attached hydrogens (tertiary/aromatic N) is 2. The summed E-state index contributed by atoms with van der Waals surface area (Å²) in [5.74, 6) is -0.0899. The van der Waals surface area contributed by atoms with E-state index in [1.165, 1.54) is 0 Å². The Bertz CT molecular complexity index is 703. The standard InChI is InChI=1S/C18H18Cl2N2O2/c19-16-6-5-14(9-17(16)20)18(23)22(12-15-4-2-8-24-15)11-13-3-1-7-21-10-13/h1,3,5-7,9-10,15H,2,4,8,11-12H2.